The number of rotatable bonds is 8. The molecule has 1 heterocycles. The maximum atomic E-state index is 13.1. The van der Waals surface area contributed by atoms with E-state index in [-0.39, 0.29) is 17.7 Å². The Kier molecular flexibility index (Phi) is 7.61. The molecule has 10 heteroatoms. The van der Waals surface area contributed by atoms with Gasteiger partial charge in [0.15, 0.2) is 11.6 Å². The largest absolute Gasteiger partial charge is 0.483 e. The molecule has 3 aromatic rings. The molecule has 2 saturated carbocycles. The fourth-order valence-electron chi connectivity index (χ4n) is 5.40. The zero-order chi connectivity index (χ0) is 26.9. The summed E-state index contributed by atoms with van der Waals surface area (Å²) >= 11 is 1.27. The van der Waals surface area contributed by atoms with Crippen molar-refractivity contribution in [3.8, 4) is 16.2 Å². The smallest absolute Gasteiger partial charge is 0.422 e. The van der Waals surface area contributed by atoms with Gasteiger partial charge in [0, 0.05) is 17.0 Å². The molecule has 2 aromatic carbocycles. The minimum atomic E-state index is -4.45. The van der Waals surface area contributed by atoms with Crippen LogP contribution in [0.1, 0.15) is 60.4 Å². The molecule has 1 aromatic heterocycles. The van der Waals surface area contributed by atoms with Crippen molar-refractivity contribution in [1.29, 1.82) is 0 Å². The summed E-state index contributed by atoms with van der Waals surface area (Å²) in [4.78, 5) is 29.8. The van der Waals surface area contributed by atoms with Crippen LogP contribution in [0.2, 0.25) is 0 Å². The lowest BCUT2D eigenvalue weighted by molar-refractivity contribution is -0.153. The molecular formula is C28H29F3N2O4S. The second-order valence-corrected chi connectivity index (χ2v) is 11.2. The quantitative estimate of drug-likeness (QED) is 0.332. The van der Waals surface area contributed by atoms with E-state index in [4.69, 9.17) is 14.8 Å². The predicted molar refractivity (Wildman–Crippen MR) is 138 cm³/mol. The van der Waals surface area contributed by atoms with E-state index >= 15 is 0 Å². The molecule has 38 heavy (non-hydrogen) atoms. The third-order valence-corrected chi connectivity index (χ3v) is 8.57. The van der Waals surface area contributed by atoms with Gasteiger partial charge in [-0.15, -0.1) is 11.3 Å². The van der Waals surface area contributed by atoms with E-state index in [0.29, 0.717) is 29.2 Å². The Bertz CT molecular complexity index is 1330. The summed E-state index contributed by atoms with van der Waals surface area (Å²) in [7, 11) is 0. The number of ether oxygens (including phenoxy) is 1. The van der Waals surface area contributed by atoms with Gasteiger partial charge in [-0.2, -0.15) is 13.2 Å². The Balaban J connectivity index is 1.47. The first-order chi connectivity index (χ1) is 18.2. The van der Waals surface area contributed by atoms with Gasteiger partial charge in [0.1, 0.15) is 5.75 Å². The number of carbonyl (C=O) groups is 2. The van der Waals surface area contributed by atoms with Gasteiger partial charge in [0.2, 0.25) is 0 Å². The summed E-state index contributed by atoms with van der Waals surface area (Å²) in [6.45, 7) is -1.38. The number of halogens is 3. The highest BCUT2D eigenvalue weighted by atomic mass is 32.1. The lowest BCUT2D eigenvalue weighted by Crippen LogP contribution is -2.46. The van der Waals surface area contributed by atoms with Crippen LogP contribution in [0.5, 0.6) is 5.75 Å². The van der Waals surface area contributed by atoms with Crippen LogP contribution >= 0.6 is 11.3 Å². The number of hydrogen-bond acceptors (Lipinski definition) is 5. The van der Waals surface area contributed by atoms with E-state index in [9.17, 15) is 22.8 Å². The summed E-state index contributed by atoms with van der Waals surface area (Å²) in [5, 5.41) is 13.6. The van der Waals surface area contributed by atoms with E-state index in [1.54, 1.807) is 24.3 Å². The molecule has 1 amide bonds. The number of alkyl halides is 3. The molecule has 2 aliphatic carbocycles. The number of nitrogens with zero attached hydrogens (tertiary/aromatic N) is 1. The Labute approximate surface area is 222 Å². The van der Waals surface area contributed by atoms with Crippen LogP contribution in [0, 0.1) is 11.8 Å². The van der Waals surface area contributed by atoms with E-state index < -0.39 is 24.7 Å². The lowest BCUT2D eigenvalue weighted by Gasteiger charge is -2.32. The standard InChI is InChI=1S/C28H29F3N2O4S/c29-28(30,31)15-37-23-11-10-21(19-8-4-5-9-20(19)23)24-22(12-16-6-2-1-3-7-16)33-26(38-24)25(34)32-18-13-17(14-18)27(35)36/h4-5,8-11,16-18H,1-3,6-7,12-15H2,(H,32,34)(H,35,36). The topological polar surface area (TPSA) is 88.5 Å². The first kappa shape index (κ1) is 26.5. The van der Waals surface area contributed by atoms with E-state index in [0.717, 1.165) is 53.6 Å². The maximum absolute atomic E-state index is 13.1. The van der Waals surface area contributed by atoms with Crippen LogP contribution in [0.4, 0.5) is 13.2 Å². The predicted octanol–water partition coefficient (Wildman–Crippen LogP) is 6.62. The first-order valence-electron chi connectivity index (χ1n) is 12.9. The van der Waals surface area contributed by atoms with Crippen molar-refractivity contribution >= 4 is 34.0 Å². The number of carboxylic acids is 1. The normalized spacial score (nSPS) is 20.2. The van der Waals surface area contributed by atoms with E-state index in [2.05, 4.69) is 5.32 Å². The number of nitrogens with one attached hydrogen (secondary N) is 1. The summed E-state index contributed by atoms with van der Waals surface area (Å²) in [5.74, 6) is -0.996. The highest BCUT2D eigenvalue weighted by Gasteiger charge is 2.36. The Morgan fingerprint density at radius 2 is 1.76 bits per heavy atom. The number of hydrogen-bond donors (Lipinski definition) is 2. The Hall–Kier alpha value is -3.14. The number of amides is 1. The summed E-state index contributed by atoms with van der Waals surface area (Å²) in [6, 6.07) is 10.3. The van der Waals surface area contributed by atoms with Crippen LogP contribution in [0.3, 0.4) is 0 Å². The molecule has 0 saturated heterocycles. The van der Waals surface area contributed by atoms with Crippen molar-refractivity contribution < 1.29 is 32.6 Å². The second kappa shape index (κ2) is 10.9. The van der Waals surface area contributed by atoms with Gasteiger partial charge >= 0.3 is 12.1 Å². The van der Waals surface area contributed by atoms with Gasteiger partial charge in [-0.3, -0.25) is 9.59 Å². The van der Waals surface area contributed by atoms with E-state index in [1.165, 1.54) is 17.8 Å². The lowest BCUT2D eigenvalue weighted by atomic mass is 9.80. The van der Waals surface area contributed by atoms with Crippen molar-refractivity contribution in [1.82, 2.24) is 10.3 Å². The number of fused-ring (bicyclic) bond motifs is 1. The SMILES string of the molecule is O=C(NC1CC(C(=O)O)C1)c1nc(CC2CCCCC2)c(-c2ccc(OCC(F)(F)F)c3ccccc23)s1. The summed E-state index contributed by atoms with van der Waals surface area (Å²) < 4.78 is 43.6. The molecule has 6 nitrogen and oxygen atoms in total. The number of carbonyl (C=O) groups excluding carboxylic acids is 1. The third-order valence-electron chi connectivity index (χ3n) is 7.44. The van der Waals surface area contributed by atoms with Gasteiger partial charge in [-0.05, 0) is 42.7 Å². The van der Waals surface area contributed by atoms with Crippen molar-refractivity contribution in [3.63, 3.8) is 0 Å². The molecule has 0 spiro atoms. The highest BCUT2D eigenvalue weighted by molar-refractivity contribution is 7.17. The van der Waals surface area contributed by atoms with Gasteiger partial charge in [-0.1, -0.05) is 56.4 Å². The van der Waals surface area contributed by atoms with Gasteiger partial charge in [0.05, 0.1) is 16.5 Å². The Morgan fingerprint density at radius 3 is 2.45 bits per heavy atom. The Morgan fingerprint density at radius 1 is 1.05 bits per heavy atom. The zero-order valence-corrected chi connectivity index (χ0v) is 21.5. The van der Waals surface area contributed by atoms with E-state index in [1.807, 2.05) is 12.1 Å². The fraction of sp³-hybridized carbons (Fsp3) is 0.464. The second-order valence-electron chi connectivity index (χ2n) is 10.2. The molecule has 202 valence electrons. The molecule has 2 N–H and O–H groups in total. The maximum Gasteiger partial charge on any atom is 0.422 e. The zero-order valence-electron chi connectivity index (χ0n) is 20.7. The number of thiazole rings is 1. The van der Waals surface area contributed by atoms with Crippen LogP contribution in [0.25, 0.3) is 21.2 Å². The molecule has 0 unspecified atom stereocenters. The van der Waals surface area contributed by atoms with Gasteiger partial charge in [0.25, 0.3) is 5.91 Å². The molecule has 5 rings (SSSR count). The molecule has 2 fully saturated rings. The average molecular weight is 547 g/mol. The minimum Gasteiger partial charge on any atom is -0.483 e. The molecule has 0 atom stereocenters. The van der Waals surface area contributed by atoms with Crippen LogP contribution in [-0.2, 0) is 11.2 Å². The molecule has 0 aliphatic heterocycles. The van der Waals surface area contributed by atoms with Crippen molar-refractivity contribution in [3.05, 3.63) is 47.1 Å². The molecular weight excluding hydrogens is 517 g/mol. The fourth-order valence-corrected chi connectivity index (χ4v) is 6.44. The van der Waals surface area contributed by atoms with Crippen LogP contribution in [-0.4, -0.2) is 40.8 Å². The number of aromatic nitrogens is 1. The van der Waals surface area contributed by atoms with Crippen molar-refractivity contribution in [2.45, 2.75) is 63.6 Å². The number of benzene rings is 2. The van der Waals surface area contributed by atoms with Gasteiger partial charge < -0.3 is 15.2 Å². The highest BCUT2D eigenvalue weighted by Crippen LogP contribution is 2.41. The molecule has 2 aliphatic rings. The van der Waals surface area contributed by atoms with Crippen LogP contribution < -0.4 is 10.1 Å². The van der Waals surface area contributed by atoms with Crippen molar-refractivity contribution in [2.24, 2.45) is 11.8 Å². The average Bonchev–Trinajstić information content (AvgIpc) is 3.27. The first-order valence-corrected chi connectivity index (χ1v) is 13.7. The summed E-state index contributed by atoms with van der Waals surface area (Å²) in [6.07, 6.45) is 2.83. The third kappa shape index (κ3) is 5.95. The summed E-state index contributed by atoms with van der Waals surface area (Å²) in [5.41, 5.74) is 1.62. The number of carboxylic acid groups (broad SMARTS) is 1. The van der Waals surface area contributed by atoms with Gasteiger partial charge in [-0.25, -0.2) is 4.98 Å². The van der Waals surface area contributed by atoms with Crippen molar-refractivity contribution in [2.75, 3.05) is 6.61 Å². The van der Waals surface area contributed by atoms with Crippen LogP contribution in [0.15, 0.2) is 36.4 Å². The minimum absolute atomic E-state index is 0.149. The monoisotopic (exact) mass is 546 g/mol. The number of aliphatic carboxylic acids is 1. The molecule has 0 radical (unpaired) electrons. The molecule has 0 bridgehead atoms.